The van der Waals surface area contributed by atoms with Crippen molar-refractivity contribution in [3.8, 4) is 0 Å². The molecule has 120 valence electrons. The van der Waals surface area contributed by atoms with E-state index in [-0.39, 0.29) is 0 Å². The van der Waals surface area contributed by atoms with Crippen LogP contribution in [-0.4, -0.2) is 34.0 Å². The average molecular weight is 311 g/mol. The zero-order valence-corrected chi connectivity index (χ0v) is 13.0. The van der Waals surface area contributed by atoms with Crippen LogP contribution in [0.1, 0.15) is 27.9 Å². The number of likely N-dealkylation sites (tertiary alicyclic amines) is 1. The standard InChI is InChI=1S/C18H21N3O2/c19-17-16(5-2-7-20-17)12-21-8-6-14(11-21)9-13-3-1-4-15(10-13)18(22)23/h1-5,7,10,14H,6,8-9,11-12H2,(H2,19,20)(H,22,23). The van der Waals surface area contributed by atoms with Gasteiger partial charge in [-0.15, -0.1) is 0 Å². The van der Waals surface area contributed by atoms with Crippen molar-refractivity contribution in [2.75, 3.05) is 18.8 Å². The Morgan fingerprint density at radius 2 is 2.22 bits per heavy atom. The van der Waals surface area contributed by atoms with Gasteiger partial charge in [0.1, 0.15) is 5.82 Å². The number of carbonyl (C=O) groups is 1. The molecule has 0 bridgehead atoms. The third-order valence-electron chi connectivity index (χ3n) is 4.39. The highest BCUT2D eigenvalue weighted by atomic mass is 16.4. The largest absolute Gasteiger partial charge is 0.478 e. The number of nitrogens with two attached hydrogens (primary N) is 1. The van der Waals surface area contributed by atoms with Crippen molar-refractivity contribution in [2.24, 2.45) is 5.92 Å². The molecule has 1 atom stereocenters. The van der Waals surface area contributed by atoms with Crippen molar-refractivity contribution in [1.29, 1.82) is 0 Å². The maximum absolute atomic E-state index is 11.1. The van der Waals surface area contributed by atoms with Gasteiger partial charge in [-0.1, -0.05) is 18.2 Å². The van der Waals surface area contributed by atoms with Gasteiger partial charge < -0.3 is 10.8 Å². The number of rotatable bonds is 5. The summed E-state index contributed by atoms with van der Waals surface area (Å²) in [7, 11) is 0. The molecular formula is C18H21N3O2. The van der Waals surface area contributed by atoms with Crippen LogP contribution in [0.15, 0.2) is 42.6 Å². The third kappa shape index (κ3) is 3.87. The van der Waals surface area contributed by atoms with Crippen molar-refractivity contribution in [3.63, 3.8) is 0 Å². The molecule has 1 aromatic heterocycles. The second kappa shape index (κ2) is 6.79. The Bertz CT molecular complexity index is 702. The minimum absolute atomic E-state index is 0.362. The highest BCUT2D eigenvalue weighted by Gasteiger charge is 2.23. The highest BCUT2D eigenvalue weighted by Crippen LogP contribution is 2.23. The van der Waals surface area contributed by atoms with Gasteiger partial charge in [0.05, 0.1) is 5.56 Å². The lowest BCUT2D eigenvalue weighted by atomic mass is 9.97. The van der Waals surface area contributed by atoms with E-state index in [1.54, 1.807) is 18.3 Å². The summed E-state index contributed by atoms with van der Waals surface area (Å²) >= 11 is 0. The number of aromatic carboxylic acids is 1. The molecule has 0 amide bonds. The summed E-state index contributed by atoms with van der Waals surface area (Å²) in [6, 6.07) is 11.2. The first-order chi connectivity index (χ1) is 11.1. The number of pyridine rings is 1. The second-order valence-corrected chi connectivity index (χ2v) is 6.15. The van der Waals surface area contributed by atoms with Crippen molar-refractivity contribution in [2.45, 2.75) is 19.4 Å². The van der Waals surface area contributed by atoms with Gasteiger partial charge in [-0.2, -0.15) is 0 Å². The Morgan fingerprint density at radius 3 is 3.00 bits per heavy atom. The zero-order valence-electron chi connectivity index (χ0n) is 13.0. The quantitative estimate of drug-likeness (QED) is 0.886. The molecule has 3 N–H and O–H groups in total. The first-order valence-corrected chi connectivity index (χ1v) is 7.86. The lowest BCUT2D eigenvalue weighted by Gasteiger charge is -2.17. The number of nitrogen functional groups attached to an aromatic ring is 1. The molecule has 23 heavy (non-hydrogen) atoms. The number of carboxylic acid groups (broad SMARTS) is 1. The molecule has 0 saturated carbocycles. The van der Waals surface area contributed by atoms with E-state index in [1.165, 1.54) is 0 Å². The molecule has 1 aromatic carbocycles. The smallest absolute Gasteiger partial charge is 0.335 e. The van der Waals surface area contributed by atoms with E-state index in [9.17, 15) is 4.79 Å². The van der Waals surface area contributed by atoms with E-state index >= 15 is 0 Å². The molecule has 2 aromatic rings. The first-order valence-electron chi connectivity index (χ1n) is 7.86. The lowest BCUT2D eigenvalue weighted by molar-refractivity contribution is 0.0696. The molecule has 1 aliphatic rings. The highest BCUT2D eigenvalue weighted by molar-refractivity contribution is 5.87. The lowest BCUT2D eigenvalue weighted by Crippen LogP contribution is -2.21. The minimum Gasteiger partial charge on any atom is -0.478 e. The second-order valence-electron chi connectivity index (χ2n) is 6.15. The SMILES string of the molecule is Nc1ncccc1CN1CCC(Cc2cccc(C(=O)O)c2)C1. The van der Waals surface area contributed by atoms with E-state index in [0.29, 0.717) is 17.3 Å². The van der Waals surface area contributed by atoms with Crippen molar-refractivity contribution >= 4 is 11.8 Å². The van der Waals surface area contributed by atoms with Gasteiger partial charge in [-0.3, -0.25) is 4.90 Å². The zero-order chi connectivity index (χ0) is 16.2. The molecule has 1 unspecified atom stereocenters. The van der Waals surface area contributed by atoms with Crippen LogP contribution in [-0.2, 0) is 13.0 Å². The predicted molar refractivity (Wildman–Crippen MR) is 89.1 cm³/mol. The molecule has 1 fully saturated rings. The summed E-state index contributed by atoms with van der Waals surface area (Å²) in [6.45, 7) is 2.87. The van der Waals surface area contributed by atoms with E-state index in [1.807, 2.05) is 24.3 Å². The van der Waals surface area contributed by atoms with Gasteiger partial charge in [-0.25, -0.2) is 9.78 Å². The number of hydrogen-bond donors (Lipinski definition) is 2. The Hall–Kier alpha value is -2.40. The predicted octanol–water partition coefficient (Wildman–Crippen LogP) is 2.43. The van der Waals surface area contributed by atoms with Gasteiger partial charge in [0.25, 0.3) is 0 Å². The summed E-state index contributed by atoms with van der Waals surface area (Å²) in [5, 5.41) is 9.08. The number of benzene rings is 1. The van der Waals surface area contributed by atoms with Crippen LogP contribution in [0.25, 0.3) is 0 Å². The van der Waals surface area contributed by atoms with Gasteiger partial charge in [0, 0.05) is 24.8 Å². The summed E-state index contributed by atoms with van der Waals surface area (Å²) in [6.07, 6.45) is 3.75. The van der Waals surface area contributed by atoms with Crippen molar-refractivity contribution in [3.05, 3.63) is 59.3 Å². The van der Waals surface area contributed by atoms with Crippen LogP contribution < -0.4 is 5.73 Å². The first kappa shape index (κ1) is 15.5. The average Bonchev–Trinajstić information content (AvgIpc) is 2.97. The number of aromatic nitrogens is 1. The van der Waals surface area contributed by atoms with Crippen molar-refractivity contribution < 1.29 is 9.90 Å². The Labute approximate surface area is 135 Å². The van der Waals surface area contributed by atoms with Crippen LogP contribution in [0.4, 0.5) is 5.82 Å². The fourth-order valence-corrected chi connectivity index (χ4v) is 3.21. The van der Waals surface area contributed by atoms with Crippen LogP contribution in [0.3, 0.4) is 0 Å². The van der Waals surface area contributed by atoms with Gasteiger partial charge in [-0.05, 0) is 49.1 Å². The minimum atomic E-state index is -0.869. The van der Waals surface area contributed by atoms with E-state index in [4.69, 9.17) is 10.8 Å². The van der Waals surface area contributed by atoms with Crippen LogP contribution in [0.5, 0.6) is 0 Å². The molecule has 0 spiro atoms. The summed E-state index contributed by atoms with van der Waals surface area (Å²) < 4.78 is 0. The van der Waals surface area contributed by atoms with Gasteiger partial charge >= 0.3 is 5.97 Å². The maximum Gasteiger partial charge on any atom is 0.335 e. The van der Waals surface area contributed by atoms with Crippen LogP contribution in [0.2, 0.25) is 0 Å². The topological polar surface area (TPSA) is 79.5 Å². The molecule has 2 heterocycles. The fraction of sp³-hybridized carbons (Fsp3) is 0.333. The Balaban J connectivity index is 1.59. The summed E-state index contributed by atoms with van der Waals surface area (Å²) in [5.74, 6) is 0.286. The molecule has 1 saturated heterocycles. The third-order valence-corrected chi connectivity index (χ3v) is 4.39. The molecule has 0 radical (unpaired) electrons. The van der Waals surface area contributed by atoms with Gasteiger partial charge in [0.2, 0.25) is 0 Å². The summed E-state index contributed by atoms with van der Waals surface area (Å²) in [4.78, 5) is 17.6. The Morgan fingerprint density at radius 1 is 1.35 bits per heavy atom. The van der Waals surface area contributed by atoms with Crippen LogP contribution >= 0.6 is 0 Å². The van der Waals surface area contributed by atoms with Gasteiger partial charge in [0.15, 0.2) is 0 Å². The fourth-order valence-electron chi connectivity index (χ4n) is 3.21. The van der Waals surface area contributed by atoms with Crippen LogP contribution in [0, 0.1) is 5.92 Å². The molecule has 5 heteroatoms. The molecule has 5 nitrogen and oxygen atoms in total. The van der Waals surface area contributed by atoms with E-state index in [2.05, 4.69) is 9.88 Å². The number of nitrogens with zero attached hydrogens (tertiary/aromatic N) is 2. The Kier molecular flexibility index (Phi) is 4.57. The van der Waals surface area contributed by atoms with E-state index in [0.717, 1.165) is 43.6 Å². The number of anilines is 1. The maximum atomic E-state index is 11.1. The number of carboxylic acids is 1. The molecule has 3 rings (SSSR count). The molecule has 1 aliphatic heterocycles. The molecule has 0 aliphatic carbocycles. The monoisotopic (exact) mass is 311 g/mol. The summed E-state index contributed by atoms with van der Waals surface area (Å²) in [5.41, 5.74) is 8.44. The van der Waals surface area contributed by atoms with E-state index < -0.39 is 5.97 Å². The molecular weight excluding hydrogens is 290 g/mol. The van der Waals surface area contributed by atoms with Crippen molar-refractivity contribution in [1.82, 2.24) is 9.88 Å². The normalized spacial score (nSPS) is 18.2. The number of hydrogen-bond acceptors (Lipinski definition) is 4.